The molecule has 0 saturated heterocycles. The predicted octanol–water partition coefficient (Wildman–Crippen LogP) is 5.35. The Balaban J connectivity index is 1.54. The minimum atomic E-state index is 0.708. The Kier molecular flexibility index (Phi) is 6.29. The molecule has 25 heavy (non-hydrogen) atoms. The highest BCUT2D eigenvalue weighted by atomic mass is 35.5. The molecule has 0 fully saturated rings. The Bertz CT molecular complexity index is 725. The number of allylic oxidation sites excluding steroid dienone is 1. The van der Waals surface area contributed by atoms with Crippen LogP contribution in [-0.2, 0) is 6.54 Å². The first-order chi connectivity index (χ1) is 12.2. The molecule has 3 rings (SSSR count). The summed E-state index contributed by atoms with van der Waals surface area (Å²) in [5.74, 6) is 2.48. The molecular formula is C20H25ClN4. The van der Waals surface area contributed by atoms with E-state index in [2.05, 4.69) is 26.7 Å². The lowest BCUT2D eigenvalue weighted by molar-refractivity contribution is 0.679. The number of halogens is 1. The van der Waals surface area contributed by atoms with Gasteiger partial charge in [-0.3, -0.25) is 0 Å². The molecule has 4 nitrogen and oxygen atoms in total. The summed E-state index contributed by atoms with van der Waals surface area (Å²) in [7, 11) is 0. The van der Waals surface area contributed by atoms with E-state index in [0.717, 1.165) is 35.4 Å². The third-order valence-corrected chi connectivity index (χ3v) is 4.61. The molecule has 1 aliphatic carbocycles. The van der Waals surface area contributed by atoms with Crippen molar-refractivity contribution in [2.45, 2.75) is 45.6 Å². The Morgan fingerprint density at radius 2 is 1.80 bits per heavy atom. The van der Waals surface area contributed by atoms with Gasteiger partial charge in [0.1, 0.15) is 17.5 Å². The lowest BCUT2D eigenvalue weighted by Crippen LogP contribution is -2.09. The van der Waals surface area contributed by atoms with Gasteiger partial charge in [0.25, 0.3) is 0 Å². The molecule has 0 radical (unpaired) electrons. The molecule has 2 aromatic rings. The third kappa shape index (κ3) is 5.75. The highest BCUT2D eigenvalue weighted by Crippen LogP contribution is 2.20. The Morgan fingerprint density at radius 3 is 2.52 bits per heavy atom. The van der Waals surface area contributed by atoms with E-state index in [-0.39, 0.29) is 0 Å². The number of anilines is 2. The fourth-order valence-corrected chi connectivity index (χ4v) is 3.15. The SMILES string of the molecule is Cc1nc(NCCC2=CCCCC2)cc(NCc2ccc(Cl)cc2)n1. The number of rotatable bonds is 7. The van der Waals surface area contributed by atoms with Gasteiger partial charge >= 0.3 is 0 Å². The first-order valence-electron chi connectivity index (χ1n) is 8.95. The summed E-state index contributed by atoms with van der Waals surface area (Å²) >= 11 is 5.92. The van der Waals surface area contributed by atoms with Gasteiger partial charge in [-0.2, -0.15) is 0 Å². The summed E-state index contributed by atoms with van der Waals surface area (Å²) in [4.78, 5) is 8.95. The highest BCUT2D eigenvalue weighted by molar-refractivity contribution is 6.30. The summed E-state index contributed by atoms with van der Waals surface area (Å²) in [6, 6.07) is 9.80. The minimum Gasteiger partial charge on any atom is -0.370 e. The number of hydrogen-bond donors (Lipinski definition) is 2. The van der Waals surface area contributed by atoms with Crippen molar-refractivity contribution < 1.29 is 0 Å². The van der Waals surface area contributed by atoms with Gasteiger partial charge in [0.15, 0.2) is 0 Å². The average molecular weight is 357 g/mol. The minimum absolute atomic E-state index is 0.708. The molecule has 1 aromatic carbocycles. The van der Waals surface area contributed by atoms with Crippen molar-refractivity contribution in [2.24, 2.45) is 0 Å². The maximum Gasteiger partial charge on any atom is 0.132 e. The van der Waals surface area contributed by atoms with Gasteiger partial charge in [0, 0.05) is 24.2 Å². The van der Waals surface area contributed by atoms with E-state index < -0.39 is 0 Å². The summed E-state index contributed by atoms with van der Waals surface area (Å²) in [6.07, 6.45) is 8.65. The van der Waals surface area contributed by atoms with Crippen LogP contribution in [0.1, 0.15) is 43.5 Å². The molecule has 0 atom stereocenters. The van der Waals surface area contributed by atoms with E-state index in [4.69, 9.17) is 11.6 Å². The van der Waals surface area contributed by atoms with Crippen LogP contribution in [-0.4, -0.2) is 16.5 Å². The molecular weight excluding hydrogens is 332 g/mol. The lowest BCUT2D eigenvalue weighted by atomic mass is 9.97. The van der Waals surface area contributed by atoms with Crippen LogP contribution in [0.4, 0.5) is 11.6 Å². The topological polar surface area (TPSA) is 49.8 Å². The maximum absolute atomic E-state index is 5.92. The molecule has 0 spiro atoms. The van der Waals surface area contributed by atoms with E-state index >= 15 is 0 Å². The number of nitrogens with one attached hydrogen (secondary N) is 2. The zero-order valence-electron chi connectivity index (χ0n) is 14.7. The molecule has 0 amide bonds. The van der Waals surface area contributed by atoms with E-state index in [1.54, 1.807) is 5.57 Å². The molecule has 5 heteroatoms. The van der Waals surface area contributed by atoms with Crippen LogP contribution in [0.25, 0.3) is 0 Å². The Morgan fingerprint density at radius 1 is 1.04 bits per heavy atom. The standard InChI is InChI=1S/C20H25ClN4/c1-15-24-19(22-12-11-16-5-3-2-4-6-16)13-20(25-15)23-14-17-7-9-18(21)10-8-17/h5,7-10,13H,2-4,6,11-12,14H2,1H3,(H2,22,23,24,25). The van der Waals surface area contributed by atoms with Gasteiger partial charge in [-0.05, 0) is 56.7 Å². The Hall–Kier alpha value is -2.07. The lowest BCUT2D eigenvalue weighted by Gasteiger charge is -2.14. The fraction of sp³-hybridized carbons (Fsp3) is 0.400. The predicted molar refractivity (Wildman–Crippen MR) is 105 cm³/mol. The van der Waals surface area contributed by atoms with Crippen LogP contribution in [0.3, 0.4) is 0 Å². The number of benzene rings is 1. The van der Waals surface area contributed by atoms with Crippen LogP contribution in [0.2, 0.25) is 5.02 Å². The number of nitrogens with zero attached hydrogens (tertiary/aromatic N) is 2. The van der Waals surface area contributed by atoms with Crippen molar-refractivity contribution in [1.82, 2.24) is 9.97 Å². The van der Waals surface area contributed by atoms with Crippen LogP contribution >= 0.6 is 11.6 Å². The molecule has 2 N–H and O–H groups in total. The molecule has 0 aliphatic heterocycles. The largest absolute Gasteiger partial charge is 0.370 e. The second kappa shape index (κ2) is 8.86. The van der Waals surface area contributed by atoms with Crippen LogP contribution in [0.5, 0.6) is 0 Å². The van der Waals surface area contributed by atoms with Crippen LogP contribution in [0.15, 0.2) is 42.0 Å². The number of aromatic nitrogens is 2. The summed E-state index contributed by atoms with van der Waals surface area (Å²) in [5, 5.41) is 7.54. The van der Waals surface area contributed by atoms with Crippen molar-refractivity contribution in [1.29, 1.82) is 0 Å². The number of hydrogen-bond acceptors (Lipinski definition) is 4. The van der Waals surface area contributed by atoms with Gasteiger partial charge < -0.3 is 10.6 Å². The maximum atomic E-state index is 5.92. The van der Waals surface area contributed by atoms with E-state index in [1.807, 2.05) is 37.3 Å². The van der Waals surface area contributed by atoms with Crippen LogP contribution < -0.4 is 10.6 Å². The molecule has 132 valence electrons. The first-order valence-corrected chi connectivity index (χ1v) is 9.32. The van der Waals surface area contributed by atoms with Gasteiger partial charge in [-0.25, -0.2) is 9.97 Å². The van der Waals surface area contributed by atoms with Gasteiger partial charge in [-0.15, -0.1) is 0 Å². The van der Waals surface area contributed by atoms with E-state index in [0.29, 0.717) is 6.54 Å². The normalized spacial score (nSPS) is 14.1. The van der Waals surface area contributed by atoms with Crippen molar-refractivity contribution in [3.63, 3.8) is 0 Å². The van der Waals surface area contributed by atoms with Crippen LogP contribution in [0, 0.1) is 6.92 Å². The van der Waals surface area contributed by atoms with Gasteiger partial charge in [-0.1, -0.05) is 35.4 Å². The second-order valence-corrected chi connectivity index (χ2v) is 6.89. The zero-order chi connectivity index (χ0) is 17.5. The van der Waals surface area contributed by atoms with Gasteiger partial charge in [0.05, 0.1) is 0 Å². The summed E-state index contributed by atoms with van der Waals surface area (Å²) in [6.45, 7) is 3.54. The van der Waals surface area contributed by atoms with Crippen molar-refractivity contribution in [3.8, 4) is 0 Å². The third-order valence-electron chi connectivity index (χ3n) is 4.36. The highest BCUT2D eigenvalue weighted by Gasteiger charge is 2.05. The molecule has 0 unspecified atom stereocenters. The molecule has 0 saturated carbocycles. The average Bonchev–Trinajstić information content (AvgIpc) is 2.62. The first kappa shape index (κ1) is 17.7. The van der Waals surface area contributed by atoms with Gasteiger partial charge in [0.2, 0.25) is 0 Å². The number of aryl methyl sites for hydroxylation is 1. The summed E-state index contributed by atoms with van der Waals surface area (Å²) in [5.41, 5.74) is 2.74. The molecule has 1 aromatic heterocycles. The molecule has 1 aliphatic rings. The summed E-state index contributed by atoms with van der Waals surface area (Å²) < 4.78 is 0. The second-order valence-electron chi connectivity index (χ2n) is 6.45. The van der Waals surface area contributed by atoms with E-state index in [9.17, 15) is 0 Å². The monoisotopic (exact) mass is 356 g/mol. The smallest absolute Gasteiger partial charge is 0.132 e. The quantitative estimate of drug-likeness (QED) is 0.656. The van der Waals surface area contributed by atoms with Crippen molar-refractivity contribution in [2.75, 3.05) is 17.2 Å². The van der Waals surface area contributed by atoms with E-state index in [1.165, 1.54) is 31.2 Å². The molecule has 1 heterocycles. The fourth-order valence-electron chi connectivity index (χ4n) is 3.03. The zero-order valence-corrected chi connectivity index (χ0v) is 15.4. The Labute approximate surface area is 154 Å². The van der Waals surface area contributed by atoms with Crippen molar-refractivity contribution >= 4 is 23.2 Å². The molecule has 0 bridgehead atoms. The van der Waals surface area contributed by atoms with Crippen molar-refractivity contribution in [3.05, 3.63) is 58.4 Å².